The molecule has 2 fully saturated rings. The minimum Gasteiger partial charge on any atom is -0.468 e. The second kappa shape index (κ2) is 4.59. The summed E-state index contributed by atoms with van der Waals surface area (Å²) in [6.45, 7) is 0.688. The molecule has 0 N–H and O–H groups in total. The summed E-state index contributed by atoms with van der Waals surface area (Å²) in [7, 11) is 2.58. The molecular weight excluding hydrogens is 260 g/mol. The average Bonchev–Trinajstić information content (AvgIpc) is 3.38. The number of rotatable bonds is 4. The van der Waals surface area contributed by atoms with E-state index in [1.54, 1.807) is 0 Å². The van der Waals surface area contributed by atoms with Gasteiger partial charge in [0.25, 0.3) is 0 Å². The first-order valence-electron chi connectivity index (χ1n) is 6.52. The lowest BCUT2D eigenvalue weighted by Crippen LogP contribution is -2.30. The Morgan fingerprint density at radius 2 is 1.70 bits per heavy atom. The number of ether oxygens (including phenoxy) is 3. The molecule has 1 aromatic carbocycles. The summed E-state index contributed by atoms with van der Waals surface area (Å²) >= 11 is 0. The van der Waals surface area contributed by atoms with Crippen molar-refractivity contribution in [1.29, 1.82) is 0 Å². The Bertz CT molecular complexity index is 545. The van der Waals surface area contributed by atoms with Crippen molar-refractivity contribution >= 4 is 11.9 Å². The van der Waals surface area contributed by atoms with Crippen molar-refractivity contribution in [1.82, 2.24) is 0 Å². The molecule has 1 aromatic rings. The van der Waals surface area contributed by atoms with E-state index >= 15 is 0 Å². The third-order valence-corrected chi connectivity index (χ3v) is 4.11. The Morgan fingerprint density at radius 1 is 1.15 bits per heavy atom. The van der Waals surface area contributed by atoms with Gasteiger partial charge in [-0.2, -0.15) is 0 Å². The van der Waals surface area contributed by atoms with Gasteiger partial charge in [-0.25, -0.2) is 0 Å². The van der Waals surface area contributed by atoms with Gasteiger partial charge >= 0.3 is 11.9 Å². The summed E-state index contributed by atoms with van der Waals surface area (Å²) in [6.07, 6.45) is 0.510. The van der Waals surface area contributed by atoms with Crippen LogP contribution in [0.4, 0.5) is 0 Å². The van der Waals surface area contributed by atoms with E-state index < -0.39 is 17.4 Å². The van der Waals surface area contributed by atoms with E-state index in [4.69, 9.17) is 14.2 Å². The summed E-state index contributed by atoms with van der Waals surface area (Å²) in [5.74, 6) is -1.25. The highest BCUT2D eigenvalue weighted by Crippen LogP contribution is 2.62. The molecule has 0 amide bonds. The number of carbonyl (C=O) groups is 2. The van der Waals surface area contributed by atoms with E-state index in [1.807, 2.05) is 24.3 Å². The molecule has 2 unspecified atom stereocenters. The number of carbonyl (C=O) groups excluding carboxylic acids is 2. The lowest BCUT2D eigenvalue weighted by atomic mass is 9.94. The van der Waals surface area contributed by atoms with Crippen molar-refractivity contribution in [3.8, 4) is 0 Å². The summed E-state index contributed by atoms with van der Waals surface area (Å²) in [4.78, 5) is 24.0. The van der Waals surface area contributed by atoms with Crippen LogP contribution in [0, 0.1) is 5.41 Å². The van der Waals surface area contributed by atoms with Crippen molar-refractivity contribution in [3.63, 3.8) is 0 Å². The third kappa shape index (κ3) is 1.81. The maximum atomic E-state index is 12.0. The van der Waals surface area contributed by atoms with E-state index in [0.717, 1.165) is 11.1 Å². The van der Waals surface area contributed by atoms with Crippen LogP contribution in [-0.2, 0) is 23.8 Å². The summed E-state index contributed by atoms with van der Waals surface area (Å²) in [5, 5.41) is 0. The highest BCUT2D eigenvalue weighted by molar-refractivity contribution is 6.05. The predicted octanol–water partition coefficient (Wildman–Crippen LogP) is 1.58. The van der Waals surface area contributed by atoms with Crippen LogP contribution in [0.5, 0.6) is 0 Å². The van der Waals surface area contributed by atoms with Gasteiger partial charge in [-0.05, 0) is 17.5 Å². The minimum atomic E-state index is -1.19. The molecule has 2 aliphatic rings. The first kappa shape index (κ1) is 13.1. The van der Waals surface area contributed by atoms with Gasteiger partial charge in [-0.3, -0.25) is 9.59 Å². The van der Waals surface area contributed by atoms with Crippen LogP contribution in [0.1, 0.15) is 29.6 Å². The maximum Gasteiger partial charge on any atom is 0.323 e. The van der Waals surface area contributed by atoms with Crippen molar-refractivity contribution in [2.24, 2.45) is 5.41 Å². The zero-order valence-corrected chi connectivity index (χ0v) is 11.4. The molecule has 2 atom stereocenters. The van der Waals surface area contributed by atoms with Crippen LogP contribution in [0.3, 0.4) is 0 Å². The second-order valence-corrected chi connectivity index (χ2v) is 5.16. The lowest BCUT2D eigenvalue weighted by molar-refractivity contribution is -0.161. The van der Waals surface area contributed by atoms with Crippen LogP contribution in [0.15, 0.2) is 24.3 Å². The Kier molecular flexibility index (Phi) is 3.01. The summed E-state index contributed by atoms with van der Waals surface area (Å²) in [5.41, 5.74) is 0.840. The number of hydrogen-bond acceptors (Lipinski definition) is 5. The van der Waals surface area contributed by atoms with Crippen LogP contribution >= 0.6 is 0 Å². The maximum absolute atomic E-state index is 12.0. The Labute approximate surface area is 116 Å². The zero-order chi connectivity index (χ0) is 14.3. The number of esters is 2. The van der Waals surface area contributed by atoms with E-state index in [9.17, 15) is 9.59 Å². The fourth-order valence-electron chi connectivity index (χ4n) is 2.89. The predicted molar refractivity (Wildman–Crippen MR) is 69.0 cm³/mol. The van der Waals surface area contributed by atoms with Crippen molar-refractivity contribution < 1.29 is 23.8 Å². The molecule has 5 heteroatoms. The number of epoxide rings is 1. The van der Waals surface area contributed by atoms with Crippen LogP contribution in [-0.4, -0.2) is 32.8 Å². The molecule has 1 aliphatic carbocycles. The Balaban J connectivity index is 1.96. The Morgan fingerprint density at radius 3 is 2.20 bits per heavy atom. The normalized spacial score (nSPS) is 25.7. The van der Waals surface area contributed by atoms with Gasteiger partial charge in [0.1, 0.15) is 6.10 Å². The number of methoxy groups -OCH3 is 2. The largest absolute Gasteiger partial charge is 0.468 e. The molecule has 0 radical (unpaired) electrons. The molecule has 0 aromatic heterocycles. The third-order valence-electron chi connectivity index (χ3n) is 4.11. The van der Waals surface area contributed by atoms with Crippen molar-refractivity contribution in [2.45, 2.75) is 18.4 Å². The highest BCUT2D eigenvalue weighted by Gasteiger charge is 2.69. The molecule has 1 heterocycles. The number of benzene rings is 1. The van der Waals surface area contributed by atoms with Gasteiger partial charge in [-0.1, -0.05) is 24.3 Å². The van der Waals surface area contributed by atoms with Crippen molar-refractivity contribution in [2.75, 3.05) is 20.8 Å². The standard InChI is InChI=1S/C15H16O5/c1-18-13(16)15(14(17)19-2)7-11(15)9-5-3-4-6-10(9)12-8-20-12/h3-6,11-12H,7-8H2,1-2H3. The average molecular weight is 276 g/mol. The molecule has 106 valence electrons. The SMILES string of the molecule is COC(=O)C1(C(=O)OC)CC1c1ccccc1C1CO1. The number of hydrogen-bond donors (Lipinski definition) is 0. The molecule has 20 heavy (non-hydrogen) atoms. The van der Waals surface area contributed by atoms with E-state index in [2.05, 4.69) is 0 Å². The molecule has 1 aliphatic heterocycles. The van der Waals surface area contributed by atoms with Gasteiger partial charge in [0, 0.05) is 5.92 Å². The van der Waals surface area contributed by atoms with Crippen LogP contribution in [0.25, 0.3) is 0 Å². The van der Waals surface area contributed by atoms with Gasteiger partial charge < -0.3 is 14.2 Å². The fourth-order valence-corrected chi connectivity index (χ4v) is 2.89. The Hall–Kier alpha value is -1.88. The lowest BCUT2D eigenvalue weighted by Gasteiger charge is -2.14. The quantitative estimate of drug-likeness (QED) is 0.474. The smallest absolute Gasteiger partial charge is 0.323 e. The van der Waals surface area contributed by atoms with Gasteiger partial charge in [0.15, 0.2) is 5.41 Å². The van der Waals surface area contributed by atoms with E-state index in [-0.39, 0.29) is 12.0 Å². The van der Waals surface area contributed by atoms with Crippen LogP contribution < -0.4 is 0 Å². The molecule has 1 saturated heterocycles. The minimum absolute atomic E-state index is 0.0831. The molecule has 3 rings (SSSR count). The van der Waals surface area contributed by atoms with Gasteiger partial charge in [0.2, 0.25) is 0 Å². The first-order valence-corrected chi connectivity index (χ1v) is 6.52. The molecule has 0 bridgehead atoms. The molecule has 1 saturated carbocycles. The second-order valence-electron chi connectivity index (χ2n) is 5.16. The first-order chi connectivity index (χ1) is 9.65. The van der Waals surface area contributed by atoms with E-state index in [0.29, 0.717) is 13.0 Å². The highest BCUT2D eigenvalue weighted by atomic mass is 16.6. The topological polar surface area (TPSA) is 65.1 Å². The van der Waals surface area contributed by atoms with Crippen LogP contribution in [0.2, 0.25) is 0 Å². The molecular formula is C15H16O5. The van der Waals surface area contributed by atoms with Gasteiger partial charge in [-0.15, -0.1) is 0 Å². The monoisotopic (exact) mass is 276 g/mol. The summed E-state index contributed by atoms with van der Waals surface area (Å²) < 4.78 is 14.9. The summed E-state index contributed by atoms with van der Waals surface area (Å²) in [6, 6.07) is 7.75. The van der Waals surface area contributed by atoms with E-state index in [1.165, 1.54) is 14.2 Å². The molecule has 0 spiro atoms. The van der Waals surface area contributed by atoms with Crippen molar-refractivity contribution in [3.05, 3.63) is 35.4 Å². The fraction of sp³-hybridized carbons (Fsp3) is 0.467. The molecule has 5 nitrogen and oxygen atoms in total. The zero-order valence-electron chi connectivity index (χ0n) is 11.4. The van der Waals surface area contributed by atoms with Gasteiger partial charge in [0.05, 0.1) is 20.8 Å².